The van der Waals surface area contributed by atoms with E-state index >= 15 is 0 Å². The van der Waals surface area contributed by atoms with Crippen LogP contribution in [-0.2, 0) is 0 Å². The van der Waals surface area contributed by atoms with E-state index in [1.807, 2.05) is 25.1 Å². The molecular formula is C22H24ClF. The Balaban J connectivity index is 1.81. The summed E-state index contributed by atoms with van der Waals surface area (Å²) in [6.07, 6.45) is 8.61. The summed E-state index contributed by atoms with van der Waals surface area (Å²) in [6, 6.07) is 11.9. The van der Waals surface area contributed by atoms with Gasteiger partial charge in [0.05, 0.1) is 5.02 Å². The third kappa shape index (κ3) is 3.57. The first-order valence-electron chi connectivity index (χ1n) is 8.84. The zero-order chi connectivity index (χ0) is 17.1. The van der Waals surface area contributed by atoms with Crippen LogP contribution in [0.5, 0.6) is 0 Å². The van der Waals surface area contributed by atoms with Crippen molar-refractivity contribution in [1.29, 1.82) is 0 Å². The minimum atomic E-state index is -0.330. The van der Waals surface area contributed by atoms with Crippen molar-refractivity contribution < 1.29 is 4.39 Å². The van der Waals surface area contributed by atoms with Crippen LogP contribution in [0.25, 0.3) is 16.7 Å². The van der Waals surface area contributed by atoms with Gasteiger partial charge in [-0.15, -0.1) is 0 Å². The molecule has 0 aromatic heterocycles. The predicted octanol–water partition coefficient (Wildman–Crippen LogP) is 7.44. The molecule has 2 aromatic rings. The summed E-state index contributed by atoms with van der Waals surface area (Å²) in [6.45, 7) is 4.08. The van der Waals surface area contributed by atoms with Crippen molar-refractivity contribution in [1.82, 2.24) is 0 Å². The fourth-order valence-corrected chi connectivity index (χ4v) is 3.72. The monoisotopic (exact) mass is 342 g/mol. The summed E-state index contributed by atoms with van der Waals surface area (Å²) in [5.41, 5.74) is 4.89. The molecule has 1 unspecified atom stereocenters. The highest BCUT2D eigenvalue weighted by Crippen LogP contribution is 2.34. The lowest BCUT2D eigenvalue weighted by Gasteiger charge is -2.21. The first kappa shape index (κ1) is 17.2. The van der Waals surface area contributed by atoms with E-state index in [4.69, 9.17) is 11.6 Å². The molecule has 0 amide bonds. The molecule has 0 heterocycles. The number of halogens is 2. The van der Waals surface area contributed by atoms with Gasteiger partial charge in [0.25, 0.3) is 0 Å². The molecule has 0 saturated carbocycles. The van der Waals surface area contributed by atoms with Crippen LogP contribution in [0.4, 0.5) is 4.39 Å². The van der Waals surface area contributed by atoms with E-state index in [0.717, 1.165) is 23.5 Å². The maximum atomic E-state index is 14.4. The fraction of sp³-hybridized carbons (Fsp3) is 0.364. The first-order chi connectivity index (χ1) is 11.6. The van der Waals surface area contributed by atoms with E-state index in [1.54, 1.807) is 6.07 Å². The van der Waals surface area contributed by atoms with Gasteiger partial charge in [-0.2, -0.15) is 0 Å². The van der Waals surface area contributed by atoms with Crippen molar-refractivity contribution >= 4 is 17.2 Å². The number of benzene rings is 2. The SMILES string of the molecule is CCCC1CC=C(c2ccc(-c3ccc(C)c(Cl)c3F)cc2)CC1. The standard InChI is InChI=1S/C22H24ClF/c1-3-4-16-6-8-17(9-7-16)18-10-12-19(13-11-18)20-14-5-15(2)21(23)22(20)24/h5,8,10-14,16H,3-4,6-7,9H2,1-2H3. The molecule has 2 heteroatoms. The molecule has 0 spiro atoms. The van der Waals surface area contributed by atoms with E-state index in [9.17, 15) is 4.39 Å². The summed E-state index contributed by atoms with van der Waals surface area (Å²) in [5, 5.41) is 0.216. The average Bonchev–Trinajstić information content (AvgIpc) is 2.61. The summed E-state index contributed by atoms with van der Waals surface area (Å²) >= 11 is 6.04. The molecule has 0 aliphatic heterocycles. The Morgan fingerprint density at radius 2 is 1.79 bits per heavy atom. The van der Waals surface area contributed by atoms with Gasteiger partial charge in [-0.05, 0) is 54.4 Å². The minimum absolute atomic E-state index is 0.216. The van der Waals surface area contributed by atoms with Crippen molar-refractivity contribution in [2.75, 3.05) is 0 Å². The fourth-order valence-electron chi connectivity index (χ4n) is 3.55. The van der Waals surface area contributed by atoms with Crippen molar-refractivity contribution in [3.8, 4) is 11.1 Å². The number of rotatable bonds is 4. The Morgan fingerprint density at radius 3 is 2.42 bits per heavy atom. The zero-order valence-corrected chi connectivity index (χ0v) is 15.2. The second-order valence-corrected chi connectivity index (χ2v) is 7.17. The number of aryl methyl sites for hydroxylation is 1. The van der Waals surface area contributed by atoms with Crippen LogP contribution >= 0.6 is 11.6 Å². The Hall–Kier alpha value is -1.60. The van der Waals surface area contributed by atoms with Crippen LogP contribution in [0.3, 0.4) is 0 Å². The van der Waals surface area contributed by atoms with Crippen LogP contribution in [-0.4, -0.2) is 0 Å². The summed E-state index contributed by atoms with van der Waals surface area (Å²) < 4.78 is 14.4. The third-order valence-corrected chi connectivity index (χ3v) is 5.52. The Morgan fingerprint density at radius 1 is 1.08 bits per heavy atom. The predicted molar refractivity (Wildman–Crippen MR) is 102 cm³/mol. The summed E-state index contributed by atoms with van der Waals surface area (Å²) in [4.78, 5) is 0. The maximum Gasteiger partial charge on any atom is 0.149 e. The molecule has 0 bridgehead atoms. The van der Waals surface area contributed by atoms with Gasteiger partial charge in [0, 0.05) is 5.56 Å². The molecule has 0 N–H and O–H groups in total. The molecule has 1 atom stereocenters. The van der Waals surface area contributed by atoms with Gasteiger partial charge in [0.1, 0.15) is 5.82 Å². The minimum Gasteiger partial charge on any atom is -0.205 e. The third-order valence-electron chi connectivity index (χ3n) is 5.06. The topological polar surface area (TPSA) is 0 Å². The van der Waals surface area contributed by atoms with Crippen LogP contribution in [0, 0.1) is 18.7 Å². The molecular weight excluding hydrogens is 319 g/mol. The van der Waals surface area contributed by atoms with Gasteiger partial charge in [-0.25, -0.2) is 4.39 Å². The Bertz CT molecular complexity index is 743. The lowest BCUT2D eigenvalue weighted by molar-refractivity contribution is 0.445. The maximum absolute atomic E-state index is 14.4. The normalized spacial score (nSPS) is 17.7. The van der Waals surface area contributed by atoms with E-state index < -0.39 is 0 Å². The number of hydrogen-bond acceptors (Lipinski definition) is 0. The lowest BCUT2D eigenvalue weighted by atomic mass is 9.84. The highest BCUT2D eigenvalue weighted by Gasteiger charge is 2.15. The van der Waals surface area contributed by atoms with Crippen molar-refractivity contribution in [3.63, 3.8) is 0 Å². The molecule has 1 aliphatic carbocycles. The lowest BCUT2D eigenvalue weighted by Crippen LogP contribution is -2.05. The van der Waals surface area contributed by atoms with Crippen LogP contribution in [0.15, 0.2) is 42.5 Å². The van der Waals surface area contributed by atoms with Gasteiger partial charge in [0.15, 0.2) is 0 Å². The summed E-state index contributed by atoms with van der Waals surface area (Å²) in [5.74, 6) is 0.519. The van der Waals surface area contributed by atoms with Gasteiger partial charge < -0.3 is 0 Å². The van der Waals surface area contributed by atoms with Crippen molar-refractivity contribution in [2.45, 2.75) is 46.0 Å². The van der Waals surface area contributed by atoms with Gasteiger partial charge >= 0.3 is 0 Å². The largest absolute Gasteiger partial charge is 0.205 e. The highest BCUT2D eigenvalue weighted by atomic mass is 35.5. The Labute approximate surface area is 149 Å². The number of hydrogen-bond donors (Lipinski definition) is 0. The molecule has 0 fully saturated rings. The molecule has 0 saturated heterocycles. The second kappa shape index (κ2) is 7.53. The highest BCUT2D eigenvalue weighted by molar-refractivity contribution is 6.31. The van der Waals surface area contributed by atoms with Crippen LogP contribution < -0.4 is 0 Å². The summed E-state index contributed by atoms with van der Waals surface area (Å²) in [7, 11) is 0. The van der Waals surface area contributed by atoms with E-state index in [0.29, 0.717) is 5.56 Å². The molecule has 0 nitrogen and oxygen atoms in total. The van der Waals surface area contributed by atoms with E-state index in [-0.39, 0.29) is 10.8 Å². The molecule has 126 valence electrons. The molecule has 3 rings (SSSR count). The van der Waals surface area contributed by atoms with Crippen molar-refractivity contribution in [2.24, 2.45) is 5.92 Å². The van der Waals surface area contributed by atoms with E-state index in [2.05, 4.69) is 25.1 Å². The molecule has 24 heavy (non-hydrogen) atoms. The number of allylic oxidation sites excluding steroid dienone is 2. The quantitative estimate of drug-likeness (QED) is 0.541. The smallest absolute Gasteiger partial charge is 0.149 e. The average molecular weight is 343 g/mol. The van der Waals surface area contributed by atoms with E-state index in [1.165, 1.54) is 36.8 Å². The van der Waals surface area contributed by atoms with Gasteiger partial charge in [-0.1, -0.05) is 73.8 Å². The first-order valence-corrected chi connectivity index (χ1v) is 9.22. The van der Waals surface area contributed by atoms with Gasteiger partial charge in [-0.3, -0.25) is 0 Å². The second-order valence-electron chi connectivity index (χ2n) is 6.79. The Kier molecular flexibility index (Phi) is 5.40. The zero-order valence-electron chi connectivity index (χ0n) is 14.4. The van der Waals surface area contributed by atoms with Gasteiger partial charge in [0.2, 0.25) is 0 Å². The molecule has 0 radical (unpaired) electrons. The van der Waals surface area contributed by atoms with Crippen molar-refractivity contribution in [3.05, 3.63) is 64.4 Å². The molecule has 2 aromatic carbocycles. The van der Waals surface area contributed by atoms with Crippen LogP contribution in [0.1, 0.15) is 50.2 Å². The van der Waals surface area contributed by atoms with Crippen LogP contribution in [0.2, 0.25) is 5.02 Å². The molecule has 1 aliphatic rings.